The number of ether oxygens (including phenoxy) is 2. The number of benzene rings is 2. The Kier molecular flexibility index (Phi) is 9.31. The molecule has 0 saturated carbocycles. The first-order chi connectivity index (χ1) is 24.7. The lowest BCUT2D eigenvalue weighted by Gasteiger charge is -2.48. The van der Waals surface area contributed by atoms with Gasteiger partial charge in [-0.3, -0.25) is 29.4 Å². The van der Waals surface area contributed by atoms with Gasteiger partial charge in [-0.15, -0.1) is 0 Å². The third-order valence-corrected chi connectivity index (χ3v) is 11.9. The van der Waals surface area contributed by atoms with Crippen LogP contribution in [0.15, 0.2) is 29.1 Å². The summed E-state index contributed by atoms with van der Waals surface area (Å²) in [5, 5.41) is 7.69. The number of urea groups is 1. The fourth-order valence-electron chi connectivity index (χ4n) is 7.48. The van der Waals surface area contributed by atoms with Gasteiger partial charge in [0.15, 0.2) is 5.82 Å². The Morgan fingerprint density at radius 3 is 2.55 bits per heavy atom. The second-order valence-corrected chi connectivity index (χ2v) is 15.1. The van der Waals surface area contributed by atoms with E-state index in [9.17, 15) is 14.4 Å². The summed E-state index contributed by atoms with van der Waals surface area (Å²) in [7, 11) is 1.76. The van der Waals surface area contributed by atoms with E-state index in [0.717, 1.165) is 52.0 Å². The van der Waals surface area contributed by atoms with Crippen LogP contribution >= 0.6 is 11.8 Å². The smallest absolute Gasteiger partial charge is 0.329 e. The lowest BCUT2D eigenvalue weighted by Crippen LogP contribution is -2.61. The summed E-state index contributed by atoms with van der Waals surface area (Å²) in [4.78, 5) is 49.9. The van der Waals surface area contributed by atoms with Crippen molar-refractivity contribution in [3.8, 4) is 5.75 Å². The van der Waals surface area contributed by atoms with Crippen molar-refractivity contribution in [3.05, 3.63) is 52.1 Å². The molecule has 0 spiro atoms. The van der Waals surface area contributed by atoms with Crippen molar-refractivity contribution in [1.29, 1.82) is 0 Å². The highest BCUT2D eigenvalue weighted by molar-refractivity contribution is 7.99. The molecule has 51 heavy (non-hydrogen) atoms. The number of piperidine rings is 1. The number of aromatic amines is 1. The molecule has 0 atom stereocenters. The van der Waals surface area contributed by atoms with Crippen LogP contribution in [0.2, 0.25) is 0 Å². The quantitative estimate of drug-likeness (QED) is 0.262. The van der Waals surface area contributed by atoms with E-state index < -0.39 is 17.4 Å². The Morgan fingerprint density at radius 1 is 1.00 bits per heavy atom. The molecule has 6 heterocycles. The largest absolute Gasteiger partial charge is 0.493 e. The SMILES string of the molecule is Cn1nc(N2CCC(=O)NC2=O)c2cc(F)c(N3CC(N4CCC(COc5cc(F)c6c(=O)[nH]c(CSC7CCOCC7)nc6c5)CC4)C3)cc21. The summed E-state index contributed by atoms with van der Waals surface area (Å²) in [5.41, 5.74) is 1.02. The minimum Gasteiger partial charge on any atom is -0.493 e. The van der Waals surface area contributed by atoms with E-state index >= 15 is 8.78 Å². The Morgan fingerprint density at radius 2 is 1.78 bits per heavy atom. The van der Waals surface area contributed by atoms with Crippen LogP contribution in [0.25, 0.3) is 21.8 Å². The molecule has 4 aliphatic rings. The number of thioether (sulfide) groups is 1. The zero-order valence-corrected chi connectivity index (χ0v) is 29.1. The number of anilines is 2. The van der Waals surface area contributed by atoms with Gasteiger partial charge < -0.3 is 19.4 Å². The average Bonchev–Trinajstić information content (AvgIpc) is 3.40. The molecule has 13 nitrogen and oxygen atoms in total. The zero-order valence-electron chi connectivity index (χ0n) is 28.3. The molecule has 2 N–H and O–H groups in total. The number of aromatic nitrogens is 4. The molecule has 0 bridgehead atoms. The highest BCUT2D eigenvalue weighted by atomic mass is 32.2. The molecule has 0 unspecified atom stereocenters. The van der Waals surface area contributed by atoms with Gasteiger partial charge in [-0.25, -0.2) is 18.6 Å². The molecule has 3 amide bonds. The predicted octanol–water partition coefficient (Wildman–Crippen LogP) is 3.93. The molecule has 4 saturated heterocycles. The minimum absolute atomic E-state index is 0.0554. The molecule has 2 aromatic heterocycles. The van der Waals surface area contributed by atoms with Crippen LogP contribution in [0.4, 0.5) is 25.1 Å². The first-order valence-corrected chi connectivity index (χ1v) is 18.6. The van der Waals surface area contributed by atoms with Gasteiger partial charge in [-0.1, -0.05) is 0 Å². The third kappa shape index (κ3) is 6.88. The van der Waals surface area contributed by atoms with Crippen molar-refractivity contribution in [2.45, 2.75) is 49.1 Å². The lowest BCUT2D eigenvalue weighted by molar-refractivity contribution is -0.120. The zero-order chi connectivity index (χ0) is 35.2. The topological polar surface area (TPSA) is 138 Å². The van der Waals surface area contributed by atoms with E-state index in [2.05, 4.69) is 25.3 Å². The summed E-state index contributed by atoms with van der Waals surface area (Å²) in [5.74, 6) is 0.708. The van der Waals surface area contributed by atoms with Gasteiger partial charge in [0.1, 0.15) is 28.6 Å². The van der Waals surface area contributed by atoms with Gasteiger partial charge in [-0.05, 0) is 56.8 Å². The molecule has 270 valence electrons. The highest BCUT2D eigenvalue weighted by Gasteiger charge is 2.36. The highest BCUT2D eigenvalue weighted by Crippen LogP contribution is 2.36. The first-order valence-electron chi connectivity index (χ1n) is 17.5. The minimum atomic E-state index is -0.643. The van der Waals surface area contributed by atoms with Crippen LogP contribution < -0.4 is 25.4 Å². The van der Waals surface area contributed by atoms with Gasteiger partial charge in [0.25, 0.3) is 5.56 Å². The number of aryl methyl sites for hydroxylation is 1. The number of halogens is 2. The number of hydrogen-bond acceptors (Lipinski definition) is 10. The van der Waals surface area contributed by atoms with Gasteiger partial charge in [0.2, 0.25) is 5.91 Å². The van der Waals surface area contributed by atoms with E-state index in [1.165, 1.54) is 17.0 Å². The Balaban J connectivity index is 0.845. The van der Waals surface area contributed by atoms with Crippen LogP contribution in [-0.2, 0) is 22.3 Å². The molecule has 0 radical (unpaired) electrons. The number of nitrogens with zero attached hydrogens (tertiary/aromatic N) is 6. The van der Waals surface area contributed by atoms with Crippen molar-refractivity contribution in [2.75, 3.05) is 62.3 Å². The first kappa shape index (κ1) is 33.8. The van der Waals surface area contributed by atoms with Crippen molar-refractivity contribution in [2.24, 2.45) is 13.0 Å². The maximum absolute atomic E-state index is 15.5. The maximum atomic E-state index is 15.5. The normalized spacial score (nSPS) is 20.0. The van der Waals surface area contributed by atoms with E-state index in [4.69, 9.17) is 9.47 Å². The van der Waals surface area contributed by atoms with Crippen molar-refractivity contribution >= 4 is 57.0 Å². The molecule has 0 aliphatic carbocycles. The standard InChI is InChI=1S/C35H40F2N8O5S/c1-42-28-15-29(25(36)14-24(28)33(41-42)45-9-4-31(46)40-35(45)48)44-16-21(17-44)43-7-2-20(3-8-43)18-50-22-12-26(37)32-27(13-22)38-30(39-34(32)47)19-51-23-5-10-49-11-6-23/h12-15,20-21,23H,2-11,16-19H2,1H3,(H,38,39,47)(H,40,46,48). The number of H-pyrrole nitrogens is 1. The van der Waals surface area contributed by atoms with Crippen LogP contribution in [0.1, 0.15) is 37.9 Å². The molecule has 2 aromatic carbocycles. The number of fused-ring (bicyclic) bond motifs is 2. The molecular formula is C35H40F2N8O5S. The van der Waals surface area contributed by atoms with Gasteiger partial charge >= 0.3 is 6.03 Å². The van der Waals surface area contributed by atoms with Crippen molar-refractivity contribution in [3.63, 3.8) is 0 Å². The number of imide groups is 1. The summed E-state index contributed by atoms with van der Waals surface area (Å²) >= 11 is 1.73. The Labute approximate surface area is 296 Å². The van der Waals surface area contributed by atoms with Gasteiger partial charge in [-0.2, -0.15) is 16.9 Å². The average molecular weight is 723 g/mol. The molecular weight excluding hydrogens is 682 g/mol. The summed E-state index contributed by atoms with van der Waals surface area (Å²) in [6, 6.07) is 5.88. The van der Waals surface area contributed by atoms with Gasteiger partial charge in [0, 0.05) is 75.1 Å². The van der Waals surface area contributed by atoms with E-state index in [0.29, 0.717) is 82.2 Å². The predicted molar refractivity (Wildman–Crippen MR) is 189 cm³/mol. The number of amides is 3. The number of likely N-dealkylation sites (tertiary alicyclic amines) is 1. The summed E-state index contributed by atoms with van der Waals surface area (Å²) in [6.07, 6.45) is 3.94. The van der Waals surface area contributed by atoms with Crippen LogP contribution in [-0.4, -0.2) is 100 Å². The van der Waals surface area contributed by atoms with Crippen molar-refractivity contribution in [1.82, 2.24) is 30.0 Å². The monoisotopic (exact) mass is 722 g/mol. The molecule has 16 heteroatoms. The summed E-state index contributed by atoms with van der Waals surface area (Å²) in [6.45, 7) is 5.29. The molecule has 4 fully saturated rings. The fourth-order valence-corrected chi connectivity index (χ4v) is 8.53. The van der Waals surface area contributed by atoms with E-state index in [1.54, 1.807) is 35.6 Å². The molecule has 8 rings (SSSR count). The second-order valence-electron chi connectivity index (χ2n) is 13.8. The number of nitrogens with one attached hydrogen (secondary N) is 2. The van der Waals surface area contributed by atoms with Gasteiger partial charge in [0.05, 0.1) is 29.1 Å². The van der Waals surface area contributed by atoms with Crippen molar-refractivity contribution < 1.29 is 27.8 Å². The fraction of sp³-hybridized carbons (Fsp3) is 0.514. The van der Waals surface area contributed by atoms with Crippen LogP contribution in [0.5, 0.6) is 5.75 Å². The maximum Gasteiger partial charge on any atom is 0.329 e. The van der Waals surface area contributed by atoms with E-state index in [-0.39, 0.29) is 30.1 Å². The Hall–Kier alpha value is -4.28. The van der Waals surface area contributed by atoms with Crippen LogP contribution in [0.3, 0.4) is 0 Å². The van der Waals surface area contributed by atoms with Crippen LogP contribution in [0, 0.1) is 17.6 Å². The lowest BCUT2D eigenvalue weighted by atomic mass is 9.94. The number of hydrogen-bond donors (Lipinski definition) is 2. The Bertz CT molecular complexity index is 2040. The molecule has 4 aliphatic heterocycles. The summed E-state index contributed by atoms with van der Waals surface area (Å²) < 4.78 is 43.6. The molecule has 4 aromatic rings. The second kappa shape index (κ2) is 14.0. The van der Waals surface area contributed by atoms with E-state index in [1.807, 2.05) is 4.90 Å². The number of carbonyl (C=O) groups is 2. The third-order valence-electron chi connectivity index (χ3n) is 10.5. The number of rotatable bonds is 9. The number of carbonyl (C=O) groups excluding carboxylic acids is 2.